The predicted molar refractivity (Wildman–Crippen MR) is 74.5 cm³/mol. The molecule has 0 aliphatic carbocycles. The van der Waals surface area contributed by atoms with Crippen LogP contribution in [0.1, 0.15) is 15.2 Å². The molecular formula is C14H8ClNOS. The van der Waals surface area contributed by atoms with E-state index in [-0.39, 0.29) is 5.78 Å². The Kier molecular flexibility index (Phi) is 2.86. The van der Waals surface area contributed by atoms with Crippen LogP contribution in [-0.4, -0.2) is 10.8 Å². The lowest BCUT2D eigenvalue weighted by molar-refractivity contribution is 0.104. The lowest BCUT2D eigenvalue weighted by atomic mass is 10.0. The molecule has 3 aromatic rings. The van der Waals surface area contributed by atoms with Gasteiger partial charge in [-0.2, -0.15) is 0 Å². The number of pyridine rings is 1. The topological polar surface area (TPSA) is 30.0 Å². The van der Waals surface area contributed by atoms with Gasteiger partial charge >= 0.3 is 0 Å². The second kappa shape index (κ2) is 4.52. The van der Waals surface area contributed by atoms with Crippen molar-refractivity contribution in [2.45, 2.75) is 0 Å². The van der Waals surface area contributed by atoms with E-state index in [0.717, 1.165) is 10.8 Å². The Hall–Kier alpha value is -1.71. The quantitative estimate of drug-likeness (QED) is 0.656. The van der Waals surface area contributed by atoms with Gasteiger partial charge in [-0.15, -0.1) is 11.3 Å². The maximum atomic E-state index is 12.4. The summed E-state index contributed by atoms with van der Waals surface area (Å²) >= 11 is 7.17. The second-order valence-corrected chi connectivity index (χ2v) is 5.55. The molecule has 2 nitrogen and oxygen atoms in total. The van der Waals surface area contributed by atoms with Crippen LogP contribution in [0, 0.1) is 0 Å². The number of rotatable bonds is 2. The van der Waals surface area contributed by atoms with E-state index in [1.165, 1.54) is 11.3 Å². The average Bonchev–Trinajstić information content (AvgIpc) is 2.84. The minimum Gasteiger partial charge on any atom is -0.288 e. The number of aromatic nitrogens is 1. The summed E-state index contributed by atoms with van der Waals surface area (Å²) in [6.07, 6.45) is 3.45. The molecule has 2 aromatic heterocycles. The number of benzene rings is 1. The summed E-state index contributed by atoms with van der Waals surface area (Å²) in [6.45, 7) is 0. The van der Waals surface area contributed by atoms with Crippen LogP contribution in [-0.2, 0) is 0 Å². The van der Waals surface area contributed by atoms with E-state index < -0.39 is 0 Å². The van der Waals surface area contributed by atoms with E-state index in [1.807, 2.05) is 24.3 Å². The van der Waals surface area contributed by atoms with Crippen molar-refractivity contribution in [3.63, 3.8) is 0 Å². The van der Waals surface area contributed by atoms with Crippen molar-refractivity contribution >= 4 is 39.5 Å². The third kappa shape index (κ3) is 1.92. The number of ketones is 1. The highest BCUT2D eigenvalue weighted by Crippen LogP contribution is 2.26. The molecule has 0 atom stereocenters. The van der Waals surface area contributed by atoms with E-state index in [4.69, 9.17) is 11.6 Å². The Labute approximate surface area is 113 Å². The minimum atomic E-state index is 0.00343. The van der Waals surface area contributed by atoms with E-state index in [1.54, 1.807) is 24.5 Å². The van der Waals surface area contributed by atoms with E-state index in [9.17, 15) is 4.79 Å². The second-order valence-electron chi connectivity index (χ2n) is 3.84. The van der Waals surface area contributed by atoms with Gasteiger partial charge in [0.25, 0.3) is 0 Å². The molecule has 0 bridgehead atoms. The van der Waals surface area contributed by atoms with Gasteiger partial charge in [0, 0.05) is 23.3 Å². The van der Waals surface area contributed by atoms with Crippen molar-refractivity contribution in [3.05, 3.63) is 63.6 Å². The molecule has 0 fully saturated rings. The summed E-state index contributed by atoms with van der Waals surface area (Å²) in [7, 11) is 0. The van der Waals surface area contributed by atoms with Crippen LogP contribution in [0.15, 0.2) is 48.8 Å². The van der Waals surface area contributed by atoms with Gasteiger partial charge in [0.2, 0.25) is 5.78 Å². The van der Waals surface area contributed by atoms with E-state index in [0.29, 0.717) is 14.8 Å². The first-order chi connectivity index (χ1) is 8.75. The highest BCUT2D eigenvalue weighted by Gasteiger charge is 2.14. The average molecular weight is 274 g/mol. The molecule has 4 heteroatoms. The predicted octanol–water partition coefficient (Wildman–Crippen LogP) is 4.18. The van der Waals surface area contributed by atoms with Gasteiger partial charge < -0.3 is 0 Å². The third-order valence-corrected chi connectivity index (χ3v) is 3.95. The summed E-state index contributed by atoms with van der Waals surface area (Å²) < 4.78 is 0.625. The molecular weight excluding hydrogens is 266 g/mol. The highest BCUT2D eigenvalue weighted by atomic mass is 35.5. The van der Waals surface area contributed by atoms with Gasteiger partial charge in [-0.25, -0.2) is 0 Å². The molecule has 0 radical (unpaired) electrons. The van der Waals surface area contributed by atoms with E-state index >= 15 is 0 Å². The monoisotopic (exact) mass is 273 g/mol. The molecule has 88 valence electrons. The molecule has 2 heterocycles. The summed E-state index contributed by atoms with van der Waals surface area (Å²) in [5, 5.41) is 1.88. The normalized spacial score (nSPS) is 10.7. The first-order valence-corrected chi connectivity index (χ1v) is 6.58. The molecule has 0 spiro atoms. The number of hydrogen-bond donors (Lipinski definition) is 0. The van der Waals surface area contributed by atoms with Crippen molar-refractivity contribution in [1.82, 2.24) is 4.98 Å². The number of fused-ring (bicyclic) bond motifs is 1. The SMILES string of the molecule is O=C(c1ccc(Cl)s1)c1cccc2cnccc12. The first kappa shape index (κ1) is 11.4. The lowest BCUT2D eigenvalue weighted by Gasteiger charge is -2.03. The maximum absolute atomic E-state index is 12.4. The number of carbonyl (C=O) groups excluding carboxylic acids is 1. The number of nitrogens with zero attached hydrogens (tertiary/aromatic N) is 1. The summed E-state index contributed by atoms with van der Waals surface area (Å²) in [5.74, 6) is 0.00343. The summed E-state index contributed by atoms with van der Waals surface area (Å²) in [4.78, 5) is 17.1. The highest BCUT2D eigenvalue weighted by molar-refractivity contribution is 7.18. The van der Waals surface area contributed by atoms with Crippen LogP contribution in [0.3, 0.4) is 0 Å². The Balaban J connectivity index is 2.17. The Morgan fingerprint density at radius 3 is 2.83 bits per heavy atom. The molecule has 0 aliphatic heterocycles. The van der Waals surface area contributed by atoms with Crippen molar-refractivity contribution in [1.29, 1.82) is 0 Å². The number of halogens is 1. The largest absolute Gasteiger partial charge is 0.288 e. The first-order valence-electron chi connectivity index (χ1n) is 5.38. The fraction of sp³-hybridized carbons (Fsp3) is 0. The van der Waals surface area contributed by atoms with Crippen LogP contribution in [0.5, 0.6) is 0 Å². The number of hydrogen-bond acceptors (Lipinski definition) is 3. The minimum absolute atomic E-state index is 0.00343. The smallest absolute Gasteiger partial charge is 0.203 e. The molecule has 0 saturated heterocycles. The zero-order chi connectivity index (χ0) is 12.5. The molecule has 1 aromatic carbocycles. The van der Waals surface area contributed by atoms with Gasteiger partial charge in [0.05, 0.1) is 9.21 Å². The Morgan fingerprint density at radius 1 is 1.17 bits per heavy atom. The van der Waals surface area contributed by atoms with Crippen LogP contribution in [0.4, 0.5) is 0 Å². The van der Waals surface area contributed by atoms with E-state index in [2.05, 4.69) is 4.98 Å². The fourth-order valence-corrected chi connectivity index (χ4v) is 2.89. The molecule has 3 rings (SSSR count). The van der Waals surface area contributed by atoms with Crippen molar-refractivity contribution in [3.8, 4) is 0 Å². The van der Waals surface area contributed by atoms with Gasteiger partial charge in [0.1, 0.15) is 0 Å². The zero-order valence-corrected chi connectivity index (χ0v) is 10.8. The Bertz CT molecular complexity index is 730. The van der Waals surface area contributed by atoms with Gasteiger partial charge in [0.15, 0.2) is 0 Å². The standard InChI is InChI=1S/C14H8ClNOS/c15-13-5-4-12(18-13)14(17)11-3-1-2-9-8-16-7-6-10(9)11/h1-8H. The van der Waals surface area contributed by atoms with Gasteiger partial charge in [-0.3, -0.25) is 9.78 Å². The lowest BCUT2D eigenvalue weighted by Crippen LogP contribution is -1.99. The maximum Gasteiger partial charge on any atom is 0.203 e. The van der Waals surface area contributed by atoms with Gasteiger partial charge in [-0.05, 0) is 23.6 Å². The molecule has 0 saturated carbocycles. The van der Waals surface area contributed by atoms with Gasteiger partial charge in [-0.1, -0.05) is 29.8 Å². The molecule has 0 amide bonds. The van der Waals surface area contributed by atoms with Crippen molar-refractivity contribution < 1.29 is 4.79 Å². The Morgan fingerprint density at radius 2 is 2.06 bits per heavy atom. The fourth-order valence-electron chi connectivity index (χ4n) is 1.89. The molecule has 0 unspecified atom stereocenters. The molecule has 18 heavy (non-hydrogen) atoms. The zero-order valence-electron chi connectivity index (χ0n) is 9.26. The van der Waals surface area contributed by atoms with Crippen LogP contribution >= 0.6 is 22.9 Å². The summed E-state index contributed by atoms with van der Waals surface area (Å²) in [6, 6.07) is 11.0. The van der Waals surface area contributed by atoms with Crippen LogP contribution < -0.4 is 0 Å². The van der Waals surface area contributed by atoms with Crippen molar-refractivity contribution in [2.75, 3.05) is 0 Å². The van der Waals surface area contributed by atoms with Crippen molar-refractivity contribution in [2.24, 2.45) is 0 Å². The van der Waals surface area contributed by atoms with Crippen LogP contribution in [0.25, 0.3) is 10.8 Å². The number of thiophene rings is 1. The number of carbonyl (C=O) groups is 1. The van der Waals surface area contributed by atoms with Crippen LogP contribution in [0.2, 0.25) is 4.34 Å². The molecule has 0 aliphatic rings. The molecule has 0 N–H and O–H groups in total. The summed E-state index contributed by atoms with van der Waals surface area (Å²) in [5.41, 5.74) is 0.688. The third-order valence-electron chi connectivity index (χ3n) is 2.72.